The molecule has 2 atom stereocenters. The van der Waals surface area contributed by atoms with Crippen LogP contribution in [0, 0.1) is 0 Å². The molecule has 0 aliphatic carbocycles. The quantitative estimate of drug-likeness (QED) is 0.365. The van der Waals surface area contributed by atoms with Crippen molar-refractivity contribution in [3.63, 3.8) is 0 Å². The molecule has 0 amide bonds. The third kappa shape index (κ3) is 1.34. The summed E-state index contributed by atoms with van der Waals surface area (Å²) < 4.78 is 10.7. The molecule has 0 saturated carbocycles. The summed E-state index contributed by atoms with van der Waals surface area (Å²) in [5.41, 5.74) is 0. The Bertz CT molecular complexity index is 95.2. The lowest BCUT2D eigenvalue weighted by Gasteiger charge is -2.02. The molecule has 2 rings (SSSR count). The molecule has 2 aliphatic rings. The Morgan fingerprint density at radius 1 is 1.22 bits per heavy atom. The average molecular weight is 142 g/mol. The third-order valence-electron chi connectivity index (χ3n) is 1.83. The second kappa shape index (κ2) is 2.40. The zero-order chi connectivity index (χ0) is 6.10. The first kappa shape index (κ1) is 5.89. The van der Waals surface area contributed by atoms with E-state index in [9.17, 15) is 0 Å². The van der Waals surface area contributed by atoms with E-state index in [-0.39, 0.29) is 0 Å². The Kier molecular flexibility index (Phi) is 1.57. The smallest absolute Gasteiger partial charge is 0.229 e. The van der Waals surface area contributed by atoms with E-state index in [1.807, 2.05) is 0 Å². The molecular formula is C6H10O2Si. The molecule has 0 bridgehead atoms. The number of hydrogen-bond donors (Lipinski definition) is 0. The van der Waals surface area contributed by atoms with Gasteiger partial charge in [0, 0.05) is 6.61 Å². The fraction of sp³-hybridized carbons (Fsp3) is 1.00. The summed E-state index contributed by atoms with van der Waals surface area (Å²) in [6.45, 7) is 0.916. The Balaban J connectivity index is 1.81. The van der Waals surface area contributed by atoms with Gasteiger partial charge < -0.3 is 9.16 Å². The molecule has 2 aliphatic heterocycles. The van der Waals surface area contributed by atoms with Gasteiger partial charge in [0.1, 0.15) is 0 Å². The maximum Gasteiger partial charge on any atom is 0.229 e. The van der Waals surface area contributed by atoms with E-state index < -0.39 is 0 Å². The minimum atomic E-state index is 0.565. The lowest BCUT2D eigenvalue weighted by molar-refractivity contribution is 0.296. The van der Waals surface area contributed by atoms with E-state index in [4.69, 9.17) is 9.16 Å². The zero-order valence-corrected chi connectivity index (χ0v) is 6.30. The SMILES string of the molecule is C1CC2OC2CC[Si]O1. The van der Waals surface area contributed by atoms with Crippen LogP contribution in [0.1, 0.15) is 12.8 Å². The second-order valence-corrected chi connectivity index (χ2v) is 3.61. The third-order valence-corrected chi connectivity index (χ3v) is 2.73. The van der Waals surface area contributed by atoms with Gasteiger partial charge in [-0.25, -0.2) is 0 Å². The summed E-state index contributed by atoms with van der Waals surface area (Å²) in [6, 6.07) is 1.21. The van der Waals surface area contributed by atoms with Crippen LogP contribution in [0.15, 0.2) is 0 Å². The van der Waals surface area contributed by atoms with E-state index in [2.05, 4.69) is 0 Å². The maximum atomic E-state index is 5.36. The first-order valence-corrected chi connectivity index (χ1v) is 4.58. The van der Waals surface area contributed by atoms with E-state index >= 15 is 0 Å². The van der Waals surface area contributed by atoms with Gasteiger partial charge in [-0.2, -0.15) is 0 Å². The normalized spacial score (nSPS) is 42.7. The van der Waals surface area contributed by atoms with Gasteiger partial charge in [0.15, 0.2) is 0 Å². The monoisotopic (exact) mass is 142 g/mol. The number of fused-ring (bicyclic) bond motifs is 1. The highest BCUT2D eigenvalue weighted by Crippen LogP contribution is 2.30. The summed E-state index contributed by atoms with van der Waals surface area (Å²) in [5, 5.41) is 0. The van der Waals surface area contributed by atoms with Crippen molar-refractivity contribution < 1.29 is 9.16 Å². The highest BCUT2D eigenvalue weighted by Gasteiger charge is 2.38. The van der Waals surface area contributed by atoms with Crippen LogP contribution in [0.4, 0.5) is 0 Å². The molecule has 50 valence electrons. The summed E-state index contributed by atoms with van der Waals surface area (Å²) in [7, 11) is 0.723. The van der Waals surface area contributed by atoms with Crippen LogP contribution in [0.2, 0.25) is 6.04 Å². The fourth-order valence-corrected chi connectivity index (χ4v) is 2.02. The zero-order valence-electron chi connectivity index (χ0n) is 5.30. The van der Waals surface area contributed by atoms with Crippen molar-refractivity contribution in [2.45, 2.75) is 31.1 Å². The molecule has 2 nitrogen and oxygen atoms in total. The number of epoxide rings is 1. The average Bonchev–Trinajstić information content (AvgIpc) is 2.46. The number of ether oxygens (including phenoxy) is 1. The highest BCUT2D eigenvalue weighted by atomic mass is 28.2. The van der Waals surface area contributed by atoms with Crippen molar-refractivity contribution in [1.82, 2.24) is 0 Å². The Morgan fingerprint density at radius 3 is 3.11 bits per heavy atom. The number of hydrogen-bond acceptors (Lipinski definition) is 2. The number of rotatable bonds is 0. The molecule has 3 heteroatoms. The maximum absolute atomic E-state index is 5.36. The molecule has 0 aromatic carbocycles. The van der Waals surface area contributed by atoms with Crippen molar-refractivity contribution in [3.05, 3.63) is 0 Å². The van der Waals surface area contributed by atoms with Crippen LogP contribution < -0.4 is 0 Å². The van der Waals surface area contributed by atoms with E-state index in [0.29, 0.717) is 12.2 Å². The minimum Gasteiger partial charge on any atom is -0.417 e. The predicted molar refractivity (Wildman–Crippen MR) is 34.4 cm³/mol. The van der Waals surface area contributed by atoms with Crippen LogP contribution in [0.3, 0.4) is 0 Å². The van der Waals surface area contributed by atoms with Crippen LogP contribution in [0.25, 0.3) is 0 Å². The predicted octanol–water partition coefficient (Wildman–Crippen LogP) is 0.602. The summed E-state index contributed by atoms with van der Waals surface area (Å²) in [4.78, 5) is 0. The molecule has 0 N–H and O–H groups in total. The van der Waals surface area contributed by atoms with Gasteiger partial charge in [-0.3, -0.25) is 0 Å². The van der Waals surface area contributed by atoms with Gasteiger partial charge in [-0.05, 0) is 18.9 Å². The van der Waals surface area contributed by atoms with Gasteiger partial charge in [-0.15, -0.1) is 0 Å². The lowest BCUT2D eigenvalue weighted by atomic mass is 10.2. The summed E-state index contributed by atoms with van der Waals surface area (Å²) in [5.74, 6) is 0. The molecule has 0 spiro atoms. The van der Waals surface area contributed by atoms with Crippen molar-refractivity contribution >= 4 is 9.76 Å². The second-order valence-electron chi connectivity index (χ2n) is 2.53. The Morgan fingerprint density at radius 2 is 2.11 bits per heavy atom. The summed E-state index contributed by atoms with van der Waals surface area (Å²) >= 11 is 0. The molecule has 2 unspecified atom stereocenters. The largest absolute Gasteiger partial charge is 0.417 e. The fourth-order valence-electron chi connectivity index (χ4n) is 1.21. The van der Waals surface area contributed by atoms with E-state index in [0.717, 1.165) is 22.8 Å². The first-order chi connectivity index (χ1) is 4.47. The molecule has 2 saturated heterocycles. The van der Waals surface area contributed by atoms with Crippen LogP contribution in [0.5, 0.6) is 0 Å². The van der Waals surface area contributed by atoms with Gasteiger partial charge in [0.25, 0.3) is 0 Å². The van der Waals surface area contributed by atoms with E-state index in [1.165, 1.54) is 12.5 Å². The highest BCUT2D eigenvalue weighted by molar-refractivity contribution is 6.27. The molecule has 9 heavy (non-hydrogen) atoms. The Hall–Kier alpha value is 0.137. The standard InChI is InChI=1S/C6H10O2Si/c1-3-7-9-4-2-6-5(1)8-6/h5-6H,1-4H2. The molecule has 2 fully saturated rings. The van der Waals surface area contributed by atoms with Crippen molar-refractivity contribution in [1.29, 1.82) is 0 Å². The van der Waals surface area contributed by atoms with E-state index in [1.54, 1.807) is 0 Å². The van der Waals surface area contributed by atoms with Gasteiger partial charge >= 0.3 is 0 Å². The Labute approximate surface area is 57.5 Å². The first-order valence-electron chi connectivity index (χ1n) is 3.47. The van der Waals surface area contributed by atoms with Gasteiger partial charge in [0.05, 0.1) is 12.2 Å². The summed E-state index contributed by atoms with van der Waals surface area (Å²) in [6.07, 6.45) is 3.53. The lowest BCUT2D eigenvalue weighted by Crippen LogP contribution is -2.09. The topological polar surface area (TPSA) is 21.8 Å². The molecule has 0 aromatic heterocycles. The van der Waals surface area contributed by atoms with Crippen LogP contribution >= 0.6 is 0 Å². The van der Waals surface area contributed by atoms with Gasteiger partial charge in [-0.1, -0.05) is 0 Å². The minimum absolute atomic E-state index is 0.565. The van der Waals surface area contributed by atoms with Crippen molar-refractivity contribution in [2.24, 2.45) is 0 Å². The molecule has 2 heterocycles. The van der Waals surface area contributed by atoms with Crippen molar-refractivity contribution in [2.75, 3.05) is 6.61 Å². The van der Waals surface area contributed by atoms with Crippen LogP contribution in [-0.4, -0.2) is 28.6 Å². The van der Waals surface area contributed by atoms with Crippen LogP contribution in [-0.2, 0) is 9.16 Å². The molecule has 2 radical (unpaired) electrons. The molecular weight excluding hydrogens is 132 g/mol. The molecule has 0 aromatic rings. The van der Waals surface area contributed by atoms with Gasteiger partial charge in [0.2, 0.25) is 9.76 Å². The van der Waals surface area contributed by atoms with Crippen molar-refractivity contribution in [3.8, 4) is 0 Å².